The molecule has 6 heteroatoms. The highest BCUT2D eigenvalue weighted by Gasteiger charge is 2.37. The number of likely N-dealkylation sites (tertiary alicyclic amines) is 1. The first-order chi connectivity index (χ1) is 11.3. The summed E-state index contributed by atoms with van der Waals surface area (Å²) in [5, 5.41) is 2.88. The van der Waals surface area contributed by atoms with Crippen molar-refractivity contribution in [2.75, 3.05) is 11.9 Å². The van der Waals surface area contributed by atoms with Crippen LogP contribution in [0.5, 0.6) is 0 Å². The van der Waals surface area contributed by atoms with Crippen molar-refractivity contribution in [1.82, 2.24) is 4.90 Å². The van der Waals surface area contributed by atoms with E-state index in [1.165, 1.54) is 0 Å². The van der Waals surface area contributed by atoms with Gasteiger partial charge in [0.1, 0.15) is 11.6 Å². The number of fused-ring (bicyclic) bond motifs is 1. The molecule has 0 spiro atoms. The SMILES string of the molecule is CC(C)(C)OC(=O)[C@@H]1CCCN1C(=O)Nc1ccc2c(c1)COC2. The minimum Gasteiger partial charge on any atom is -0.458 e. The van der Waals surface area contributed by atoms with Gasteiger partial charge >= 0.3 is 12.0 Å². The first-order valence-corrected chi connectivity index (χ1v) is 8.33. The summed E-state index contributed by atoms with van der Waals surface area (Å²) in [6.07, 6.45) is 1.44. The van der Waals surface area contributed by atoms with Crippen molar-refractivity contribution in [2.24, 2.45) is 0 Å². The van der Waals surface area contributed by atoms with Crippen molar-refractivity contribution in [3.63, 3.8) is 0 Å². The van der Waals surface area contributed by atoms with Gasteiger partial charge in [-0.15, -0.1) is 0 Å². The molecule has 2 amide bonds. The highest BCUT2D eigenvalue weighted by atomic mass is 16.6. The van der Waals surface area contributed by atoms with Crippen LogP contribution in [-0.2, 0) is 27.5 Å². The number of hydrogen-bond acceptors (Lipinski definition) is 4. The van der Waals surface area contributed by atoms with E-state index in [0.29, 0.717) is 26.2 Å². The molecule has 1 saturated heterocycles. The van der Waals surface area contributed by atoms with Crippen molar-refractivity contribution < 1.29 is 19.1 Å². The van der Waals surface area contributed by atoms with Crippen molar-refractivity contribution in [2.45, 2.75) is 58.5 Å². The number of urea groups is 1. The van der Waals surface area contributed by atoms with Crippen LogP contribution in [0, 0.1) is 0 Å². The molecule has 0 aromatic heterocycles. The van der Waals surface area contributed by atoms with E-state index in [0.717, 1.165) is 23.2 Å². The summed E-state index contributed by atoms with van der Waals surface area (Å²) < 4.78 is 10.8. The van der Waals surface area contributed by atoms with Gasteiger partial charge in [0.2, 0.25) is 0 Å². The largest absolute Gasteiger partial charge is 0.458 e. The normalized spacial score (nSPS) is 20.0. The zero-order valence-electron chi connectivity index (χ0n) is 14.4. The van der Waals surface area contributed by atoms with E-state index in [1.807, 2.05) is 39.0 Å². The quantitative estimate of drug-likeness (QED) is 0.845. The summed E-state index contributed by atoms with van der Waals surface area (Å²) in [5.74, 6) is -0.336. The first kappa shape index (κ1) is 16.8. The summed E-state index contributed by atoms with van der Waals surface area (Å²) in [7, 11) is 0. The molecule has 130 valence electrons. The molecule has 2 aliphatic heterocycles. The van der Waals surface area contributed by atoms with Crippen LogP contribution in [-0.4, -0.2) is 35.1 Å². The maximum atomic E-state index is 12.6. The third-order valence-electron chi connectivity index (χ3n) is 4.17. The van der Waals surface area contributed by atoms with Crippen LogP contribution in [0.25, 0.3) is 0 Å². The number of benzene rings is 1. The Morgan fingerprint density at radius 1 is 1.25 bits per heavy atom. The molecule has 1 fully saturated rings. The van der Waals surface area contributed by atoms with Gasteiger partial charge in [-0.1, -0.05) is 6.07 Å². The molecule has 1 aromatic rings. The van der Waals surface area contributed by atoms with Gasteiger partial charge in [-0.2, -0.15) is 0 Å². The Morgan fingerprint density at radius 2 is 2.00 bits per heavy atom. The molecule has 0 radical (unpaired) electrons. The van der Waals surface area contributed by atoms with Crippen molar-refractivity contribution in [3.05, 3.63) is 29.3 Å². The number of amides is 2. The van der Waals surface area contributed by atoms with Gasteiger partial charge in [-0.3, -0.25) is 0 Å². The van der Waals surface area contributed by atoms with E-state index < -0.39 is 11.6 Å². The van der Waals surface area contributed by atoms with Gasteiger partial charge in [0.15, 0.2) is 0 Å². The van der Waals surface area contributed by atoms with Crippen LogP contribution in [0.1, 0.15) is 44.7 Å². The standard InChI is InChI=1S/C18H24N2O4/c1-18(2,3)24-16(21)15-5-4-8-20(15)17(22)19-14-7-6-12-10-23-11-13(12)9-14/h6-7,9,15H,4-5,8,10-11H2,1-3H3,(H,19,22)/t15-/m0/s1. The Bertz CT molecular complexity index is 651. The molecule has 0 aliphatic carbocycles. The number of nitrogens with zero attached hydrogens (tertiary/aromatic N) is 1. The number of rotatable bonds is 2. The summed E-state index contributed by atoms with van der Waals surface area (Å²) in [6, 6.07) is 4.99. The lowest BCUT2D eigenvalue weighted by Gasteiger charge is -2.27. The second-order valence-electron chi connectivity index (χ2n) is 7.29. The molecular weight excluding hydrogens is 308 g/mol. The van der Waals surface area contributed by atoms with E-state index in [2.05, 4.69) is 5.32 Å². The van der Waals surface area contributed by atoms with Gasteiger partial charge in [-0.25, -0.2) is 9.59 Å². The minimum absolute atomic E-state index is 0.262. The zero-order chi connectivity index (χ0) is 17.3. The fourth-order valence-corrected chi connectivity index (χ4v) is 3.07. The average molecular weight is 332 g/mol. The Kier molecular flexibility index (Phi) is 4.49. The summed E-state index contributed by atoms with van der Waals surface area (Å²) in [5.41, 5.74) is 2.42. The number of hydrogen-bond donors (Lipinski definition) is 1. The van der Waals surface area contributed by atoms with Crippen molar-refractivity contribution in [1.29, 1.82) is 0 Å². The van der Waals surface area contributed by atoms with Crippen LogP contribution in [0.15, 0.2) is 18.2 Å². The topological polar surface area (TPSA) is 67.9 Å². The van der Waals surface area contributed by atoms with Crippen LogP contribution < -0.4 is 5.32 Å². The van der Waals surface area contributed by atoms with Gasteiger partial charge in [0, 0.05) is 12.2 Å². The molecule has 1 atom stereocenters. The van der Waals surface area contributed by atoms with Crippen LogP contribution in [0.2, 0.25) is 0 Å². The molecule has 6 nitrogen and oxygen atoms in total. The first-order valence-electron chi connectivity index (χ1n) is 8.33. The monoisotopic (exact) mass is 332 g/mol. The van der Waals surface area contributed by atoms with E-state index in [9.17, 15) is 9.59 Å². The number of carbonyl (C=O) groups is 2. The Labute approximate surface area is 142 Å². The van der Waals surface area contributed by atoms with Crippen LogP contribution >= 0.6 is 0 Å². The lowest BCUT2D eigenvalue weighted by molar-refractivity contribution is -0.159. The van der Waals surface area contributed by atoms with Crippen LogP contribution in [0.3, 0.4) is 0 Å². The lowest BCUT2D eigenvalue weighted by Crippen LogP contribution is -2.45. The molecule has 2 heterocycles. The highest BCUT2D eigenvalue weighted by Crippen LogP contribution is 2.25. The molecule has 3 rings (SSSR count). The summed E-state index contributed by atoms with van der Waals surface area (Å²) >= 11 is 0. The fraction of sp³-hybridized carbons (Fsp3) is 0.556. The summed E-state index contributed by atoms with van der Waals surface area (Å²) in [6.45, 7) is 7.24. The molecular formula is C18H24N2O4. The molecule has 1 N–H and O–H groups in total. The maximum absolute atomic E-state index is 12.6. The average Bonchev–Trinajstić information content (AvgIpc) is 3.14. The third kappa shape index (κ3) is 3.70. The van der Waals surface area contributed by atoms with Gasteiger partial charge in [0.25, 0.3) is 0 Å². The zero-order valence-corrected chi connectivity index (χ0v) is 14.4. The highest BCUT2D eigenvalue weighted by molar-refractivity contribution is 5.93. The fourth-order valence-electron chi connectivity index (χ4n) is 3.07. The van der Waals surface area contributed by atoms with Gasteiger partial charge in [-0.05, 0) is 56.9 Å². The molecule has 24 heavy (non-hydrogen) atoms. The molecule has 2 aliphatic rings. The predicted molar refractivity (Wildman–Crippen MR) is 89.5 cm³/mol. The van der Waals surface area contributed by atoms with E-state index in [4.69, 9.17) is 9.47 Å². The molecule has 0 saturated carbocycles. The number of ether oxygens (including phenoxy) is 2. The number of carbonyl (C=O) groups excluding carboxylic acids is 2. The van der Waals surface area contributed by atoms with Crippen LogP contribution in [0.4, 0.5) is 10.5 Å². The van der Waals surface area contributed by atoms with Gasteiger partial charge in [0.05, 0.1) is 13.2 Å². The Morgan fingerprint density at radius 3 is 2.75 bits per heavy atom. The molecule has 0 bridgehead atoms. The third-order valence-corrected chi connectivity index (χ3v) is 4.17. The smallest absolute Gasteiger partial charge is 0.329 e. The second-order valence-corrected chi connectivity index (χ2v) is 7.29. The number of anilines is 1. The van der Waals surface area contributed by atoms with E-state index in [-0.39, 0.29) is 12.0 Å². The van der Waals surface area contributed by atoms with Gasteiger partial charge < -0.3 is 19.7 Å². The Balaban J connectivity index is 1.66. The van der Waals surface area contributed by atoms with E-state index >= 15 is 0 Å². The number of esters is 1. The molecule has 0 unspecified atom stereocenters. The number of nitrogens with one attached hydrogen (secondary N) is 1. The Hall–Kier alpha value is -2.08. The molecule has 1 aromatic carbocycles. The second kappa shape index (κ2) is 6.43. The summed E-state index contributed by atoms with van der Waals surface area (Å²) in [4.78, 5) is 26.5. The van der Waals surface area contributed by atoms with Crippen molar-refractivity contribution in [3.8, 4) is 0 Å². The van der Waals surface area contributed by atoms with E-state index in [1.54, 1.807) is 4.90 Å². The maximum Gasteiger partial charge on any atom is 0.329 e. The lowest BCUT2D eigenvalue weighted by atomic mass is 10.1. The minimum atomic E-state index is -0.554. The van der Waals surface area contributed by atoms with Crippen molar-refractivity contribution >= 4 is 17.7 Å². The predicted octanol–water partition coefficient (Wildman–Crippen LogP) is 3.05.